The fourth-order valence-corrected chi connectivity index (χ4v) is 2.38. The molecule has 0 bridgehead atoms. The summed E-state index contributed by atoms with van der Waals surface area (Å²) in [7, 11) is 0. The SMILES string of the molecule is C=C(C)C(=O)Oc1ccc(C/C=C\C=C(/C)c2ccc(OC(=O)C(=C)C)cc2)cc1. The number of benzene rings is 2. The molecule has 0 heterocycles. The molecule has 0 aliphatic heterocycles. The van der Waals surface area contributed by atoms with Crippen molar-refractivity contribution in [2.75, 3.05) is 0 Å². The average molecular weight is 402 g/mol. The quantitative estimate of drug-likeness (QED) is 0.240. The summed E-state index contributed by atoms with van der Waals surface area (Å²) >= 11 is 0. The second kappa shape index (κ2) is 10.8. The van der Waals surface area contributed by atoms with Crippen molar-refractivity contribution in [2.45, 2.75) is 27.2 Å². The van der Waals surface area contributed by atoms with E-state index >= 15 is 0 Å². The molecule has 2 aromatic carbocycles. The molecule has 0 atom stereocenters. The fourth-order valence-electron chi connectivity index (χ4n) is 2.38. The van der Waals surface area contributed by atoms with Gasteiger partial charge >= 0.3 is 11.9 Å². The Bertz CT molecular complexity index is 990. The van der Waals surface area contributed by atoms with Crippen LogP contribution in [0.3, 0.4) is 0 Å². The van der Waals surface area contributed by atoms with E-state index in [4.69, 9.17) is 9.47 Å². The van der Waals surface area contributed by atoms with E-state index in [1.165, 1.54) is 0 Å². The fraction of sp³-hybridized carbons (Fsp3) is 0.154. The highest BCUT2D eigenvalue weighted by atomic mass is 16.5. The van der Waals surface area contributed by atoms with Crippen molar-refractivity contribution >= 4 is 17.5 Å². The van der Waals surface area contributed by atoms with Gasteiger partial charge in [0.15, 0.2) is 0 Å². The Hall–Kier alpha value is -3.66. The molecule has 0 saturated carbocycles. The smallest absolute Gasteiger partial charge is 0.338 e. The van der Waals surface area contributed by atoms with E-state index in [1.54, 1.807) is 38.1 Å². The average Bonchev–Trinajstić information content (AvgIpc) is 2.72. The van der Waals surface area contributed by atoms with E-state index in [0.29, 0.717) is 22.6 Å². The molecule has 0 fully saturated rings. The number of carbonyl (C=O) groups excluding carboxylic acids is 2. The molecule has 4 heteroatoms. The maximum Gasteiger partial charge on any atom is 0.338 e. The normalized spacial score (nSPS) is 11.2. The minimum Gasteiger partial charge on any atom is -0.423 e. The van der Waals surface area contributed by atoms with Gasteiger partial charge < -0.3 is 9.47 Å². The Balaban J connectivity index is 1.90. The number of esters is 2. The van der Waals surface area contributed by atoms with Gasteiger partial charge in [0.05, 0.1) is 0 Å². The maximum atomic E-state index is 11.5. The minimum atomic E-state index is -0.431. The van der Waals surface area contributed by atoms with Crippen LogP contribution in [-0.4, -0.2) is 11.9 Å². The van der Waals surface area contributed by atoms with Crippen molar-refractivity contribution in [3.05, 3.63) is 102 Å². The zero-order valence-corrected chi connectivity index (χ0v) is 17.6. The zero-order chi connectivity index (χ0) is 22.1. The molecule has 0 amide bonds. The van der Waals surface area contributed by atoms with Crippen LogP contribution in [0.1, 0.15) is 31.9 Å². The van der Waals surface area contributed by atoms with Crippen molar-refractivity contribution in [3.63, 3.8) is 0 Å². The lowest BCUT2D eigenvalue weighted by molar-refractivity contribution is -0.130. The number of rotatable bonds is 8. The highest BCUT2D eigenvalue weighted by Gasteiger charge is 2.06. The molecule has 0 aliphatic rings. The van der Waals surface area contributed by atoms with Gasteiger partial charge in [-0.2, -0.15) is 0 Å². The molecule has 0 aromatic heterocycles. The van der Waals surface area contributed by atoms with E-state index in [-0.39, 0.29) is 0 Å². The number of ether oxygens (including phenoxy) is 2. The third-order valence-corrected chi connectivity index (χ3v) is 4.19. The van der Waals surface area contributed by atoms with Crippen LogP contribution >= 0.6 is 0 Å². The summed E-state index contributed by atoms with van der Waals surface area (Å²) in [5.41, 5.74) is 3.97. The predicted molar refractivity (Wildman–Crippen MR) is 120 cm³/mol. The molecule has 0 radical (unpaired) electrons. The Kier molecular flexibility index (Phi) is 8.12. The van der Waals surface area contributed by atoms with E-state index in [1.807, 2.05) is 43.3 Å². The highest BCUT2D eigenvalue weighted by Crippen LogP contribution is 2.19. The summed E-state index contributed by atoms with van der Waals surface area (Å²) in [5.74, 6) is 0.140. The molecular formula is C26H26O4. The molecule has 0 aliphatic carbocycles. The van der Waals surface area contributed by atoms with Crippen molar-refractivity contribution in [3.8, 4) is 11.5 Å². The monoisotopic (exact) mass is 402 g/mol. The van der Waals surface area contributed by atoms with Crippen LogP contribution in [0.5, 0.6) is 11.5 Å². The lowest BCUT2D eigenvalue weighted by Crippen LogP contribution is -2.07. The number of hydrogen-bond acceptors (Lipinski definition) is 4. The molecular weight excluding hydrogens is 376 g/mol. The summed E-state index contributed by atoms with van der Waals surface area (Å²) in [6.07, 6.45) is 6.84. The number of allylic oxidation sites excluding steroid dienone is 4. The van der Waals surface area contributed by atoms with Gasteiger partial charge in [0.25, 0.3) is 0 Å². The van der Waals surface area contributed by atoms with Crippen LogP contribution in [0.4, 0.5) is 0 Å². The number of hydrogen-bond donors (Lipinski definition) is 0. The third-order valence-electron chi connectivity index (χ3n) is 4.19. The van der Waals surface area contributed by atoms with Gasteiger partial charge in [-0.05, 0) is 68.2 Å². The van der Waals surface area contributed by atoms with Crippen LogP contribution in [0.2, 0.25) is 0 Å². The summed E-state index contributed by atoms with van der Waals surface area (Å²) in [6.45, 7) is 12.4. The summed E-state index contributed by atoms with van der Waals surface area (Å²) < 4.78 is 10.4. The zero-order valence-electron chi connectivity index (χ0n) is 17.6. The van der Waals surface area contributed by atoms with Crippen molar-refractivity contribution in [1.29, 1.82) is 0 Å². The Labute approximate surface area is 177 Å². The molecule has 154 valence electrons. The van der Waals surface area contributed by atoms with Crippen molar-refractivity contribution in [1.82, 2.24) is 0 Å². The minimum absolute atomic E-state index is 0.364. The van der Waals surface area contributed by atoms with Crippen LogP contribution in [0.15, 0.2) is 91.1 Å². The number of carbonyl (C=O) groups is 2. The van der Waals surface area contributed by atoms with E-state index in [9.17, 15) is 9.59 Å². The molecule has 30 heavy (non-hydrogen) atoms. The van der Waals surface area contributed by atoms with Crippen molar-refractivity contribution < 1.29 is 19.1 Å². The van der Waals surface area contributed by atoms with E-state index in [2.05, 4.69) is 19.2 Å². The van der Waals surface area contributed by atoms with Gasteiger partial charge in [0.2, 0.25) is 0 Å². The lowest BCUT2D eigenvalue weighted by Gasteiger charge is -2.05. The molecule has 4 nitrogen and oxygen atoms in total. The van der Waals surface area contributed by atoms with Crippen molar-refractivity contribution in [2.24, 2.45) is 0 Å². The van der Waals surface area contributed by atoms with Gasteiger partial charge in [-0.1, -0.05) is 55.7 Å². The first-order valence-electron chi connectivity index (χ1n) is 9.54. The Morgan fingerprint density at radius 3 is 1.73 bits per heavy atom. The van der Waals surface area contributed by atoms with Crippen LogP contribution in [0.25, 0.3) is 5.57 Å². The van der Waals surface area contributed by atoms with Gasteiger partial charge in [0, 0.05) is 11.1 Å². The first kappa shape index (κ1) is 22.6. The largest absolute Gasteiger partial charge is 0.423 e. The second-order valence-corrected chi connectivity index (χ2v) is 6.99. The Morgan fingerprint density at radius 1 is 0.800 bits per heavy atom. The van der Waals surface area contributed by atoms with Crippen LogP contribution < -0.4 is 9.47 Å². The standard InChI is InChI=1S/C26H26O4/c1-18(2)25(27)29-23-14-10-21(11-15-23)9-7-6-8-20(5)22-12-16-24(17-13-22)30-26(28)19(3)4/h6-8,10-17H,1,3,9H2,2,4-5H3/b7-6-,20-8+. The molecule has 0 N–H and O–H groups in total. The van der Waals surface area contributed by atoms with Gasteiger partial charge in [-0.25, -0.2) is 9.59 Å². The predicted octanol–water partition coefficient (Wildman–Crippen LogP) is 5.85. The summed E-state index contributed by atoms with van der Waals surface area (Å²) in [5, 5.41) is 0. The topological polar surface area (TPSA) is 52.6 Å². The first-order chi connectivity index (χ1) is 14.3. The van der Waals surface area contributed by atoms with Crippen LogP contribution in [-0.2, 0) is 16.0 Å². The second-order valence-electron chi connectivity index (χ2n) is 6.99. The van der Waals surface area contributed by atoms with Gasteiger partial charge in [0.1, 0.15) is 11.5 Å². The summed E-state index contributed by atoms with van der Waals surface area (Å²) in [6, 6.07) is 14.7. The highest BCUT2D eigenvalue weighted by molar-refractivity contribution is 5.89. The van der Waals surface area contributed by atoms with Gasteiger partial charge in [-0.15, -0.1) is 0 Å². The maximum absolute atomic E-state index is 11.5. The van der Waals surface area contributed by atoms with E-state index < -0.39 is 11.9 Å². The van der Waals surface area contributed by atoms with Crippen LogP contribution in [0, 0.1) is 0 Å². The van der Waals surface area contributed by atoms with Gasteiger partial charge in [-0.3, -0.25) is 0 Å². The van der Waals surface area contributed by atoms with E-state index in [0.717, 1.165) is 23.1 Å². The third kappa shape index (κ3) is 7.06. The molecule has 2 rings (SSSR count). The lowest BCUT2D eigenvalue weighted by atomic mass is 10.1. The first-order valence-corrected chi connectivity index (χ1v) is 9.54. The Morgan fingerprint density at radius 2 is 1.27 bits per heavy atom. The molecule has 0 saturated heterocycles. The molecule has 0 unspecified atom stereocenters. The molecule has 2 aromatic rings. The summed E-state index contributed by atoms with van der Waals surface area (Å²) in [4.78, 5) is 23.1. The molecule has 0 spiro atoms.